The lowest BCUT2D eigenvalue weighted by molar-refractivity contribution is 0.852. The van der Waals surface area contributed by atoms with E-state index in [0.29, 0.717) is 0 Å². The first kappa shape index (κ1) is 5.35. The Morgan fingerprint density at radius 1 is 1.00 bits per heavy atom. The Balaban J connectivity index is 2.88. The summed E-state index contributed by atoms with van der Waals surface area (Å²) in [6, 6.07) is 7.95. The number of hydrogen-bond donors (Lipinski definition) is 0. The molecule has 49 valence electrons. The quantitative estimate of drug-likeness (QED) is 0.520. The summed E-state index contributed by atoms with van der Waals surface area (Å²) in [4.78, 5) is 0. The second kappa shape index (κ2) is 1.77. The third-order valence-electron chi connectivity index (χ3n) is 1.55. The molecule has 2 heteroatoms. The number of aromatic nitrogens is 1. The average Bonchev–Trinajstić information content (AvgIpc) is 2.27. The first-order valence-electron chi connectivity index (χ1n) is 3.14. The standard InChI is InChI=1S/C8H7N2/c9-10-5-7-3-1-2-4-8(7)6-10/h1-6,9H. The monoisotopic (exact) mass is 131 g/mol. The van der Waals surface area contributed by atoms with Crippen LogP contribution in [0.4, 0.5) is 0 Å². The summed E-state index contributed by atoms with van der Waals surface area (Å²) in [5.41, 5.74) is 0. The number of hydrogen-bond acceptors (Lipinski definition) is 0. The van der Waals surface area contributed by atoms with E-state index in [2.05, 4.69) is 0 Å². The van der Waals surface area contributed by atoms with Crippen LogP contribution in [0.3, 0.4) is 0 Å². The average molecular weight is 131 g/mol. The van der Waals surface area contributed by atoms with E-state index in [1.165, 1.54) is 4.68 Å². The lowest BCUT2D eigenvalue weighted by atomic mass is 10.2. The van der Waals surface area contributed by atoms with Crippen LogP contribution in [-0.2, 0) is 0 Å². The van der Waals surface area contributed by atoms with Crippen molar-refractivity contribution in [3.05, 3.63) is 36.7 Å². The Bertz CT molecular complexity index is 316. The maximum atomic E-state index is 7.24. The molecule has 0 spiro atoms. The van der Waals surface area contributed by atoms with Gasteiger partial charge in [-0.15, -0.1) is 0 Å². The minimum Gasteiger partial charge on any atom is -0.254 e. The zero-order valence-corrected chi connectivity index (χ0v) is 5.41. The molecule has 0 saturated heterocycles. The molecule has 10 heavy (non-hydrogen) atoms. The van der Waals surface area contributed by atoms with Crippen molar-refractivity contribution in [2.75, 3.05) is 0 Å². The highest BCUT2D eigenvalue weighted by Gasteiger charge is 1.92. The van der Waals surface area contributed by atoms with E-state index in [9.17, 15) is 0 Å². The van der Waals surface area contributed by atoms with Crippen LogP contribution in [0.25, 0.3) is 10.8 Å². The van der Waals surface area contributed by atoms with Crippen LogP contribution in [0.1, 0.15) is 0 Å². The smallest absolute Gasteiger partial charge is 0.0356 e. The number of nitrogens with zero attached hydrogens (tertiary/aromatic N) is 1. The molecule has 0 bridgehead atoms. The fourth-order valence-corrected chi connectivity index (χ4v) is 1.08. The van der Waals surface area contributed by atoms with E-state index in [-0.39, 0.29) is 0 Å². The molecule has 0 unspecified atom stereocenters. The molecule has 2 nitrogen and oxygen atoms in total. The second-order valence-electron chi connectivity index (χ2n) is 2.29. The highest BCUT2D eigenvalue weighted by atomic mass is 15.3. The molecule has 0 fully saturated rings. The third-order valence-corrected chi connectivity index (χ3v) is 1.55. The van der Waals surface area contributed by atoms with Gasteiger partial charge in [0.15, 0.2) is 0 Å². The van der Waals surface area contributed by atoms with Gasteiger partial charge in [-0.2, -0.15) is 0 Å². The van der Waals surface area contributed by atoms with E-state index in [0.717, 1.165) is 10.8 Å². The van der Waals surface area contributed by atoms with Gasteiger partial charge in [0.05, 0.1) is 0 Å². The Morgan fingerprint density at radius 2 is 1.50 bits per heavy atom. The third kappa shape index (κ3) is 0.658. The van der Waals surface area contributed by atoms with Gasteiger partial charge >= 0.3 is 0 Å². The lowest BCUT2D eigenvalue weighted by Gasteiger charge is -1.81. The first-order valence-corrected chi connectivity index (χ1v) is 3.14. The van der Waals surface area contributed by atoms with Crippen molar-refractivity contribution in [1.29, 1.82) is 0 Å². The SMILES string of the molecule is [NH]n1cc2ccccc2c1. The number of fused-ring (bicyclic) bond motifs is 1. The van der Waals surface area contributed by atoms with Gasteiger partial charge in [0, 0.05) is 23.2 Å². The minimum absolute atomic E-state index is 1.12. The molecule has 0 amide bonds. The molecule has 1 aromatic carbocycles. The van der Waals surface area contributed by atoms with Crippen LogP contribution in [0, 0.1) is 0 Å². The van der Waals surface area contributed by atoms with Crippen molar-refractivity contribution >= 4 is 10.8 Å². The molecule has 2 aromatic rings. The molecule has 1 aromatic heterocycles. The van der Waals surface area contributed by atoms with Gasteiger partial charge in [0.25, 0.3) is 0 Å². The van der Waals surface area contributed by atoms with Crippen molar-refractivity contribution in [2.24, 2.45) is 0 Å². The Labute approximate surface area is 58.8 Å². The van der Waals surface area contributed by atoms with Crippen molar-refractivity contribution in [2.45, 2.75) is 0 Å². The second-order valence-corrected chi connectivity index (χ2v) is 2.29. The van der Waals surface area contributed by atoms with Gasteiger partial charge < -0.3 is 0 Å². The van der Waals surface area contributed by atoms with Crippen molar-refractivity contribution < 1.29 is 0 Å². The van der Waals surface area contributed by atoms with Crippen LogP contribution in [0.5, 0.6) is 0 Å². The maximum Gasteiger partial charge on any atom is 0.0356 e. The van der Waals surface area contributed by atoms with E-state index < -0.39 is 0 Å². The van der Waals surface area contributed by atoms with Gasteiger partial charge in [0.2, 0.25) is 0 Å². The highest BCUT2D eigenvalue weighted by Crippen LogP contribution is 2.12. The van der Waals surface area contributed by atoms with E-state index in [4.69, 9.17) is 5.84 Å². The fraction of sp³-hybridized carbons (Fsp3) is 0. The molecule has 1 heterocycles. The normalized spacial score (nSPS) is 10.4. The van der Waals surface area contributed by atoms with Crippen LogP contribution in [-0.4, -0.2) is 4.68 Å². The molecule has 0 saturated carbocycles. The van der Waals surface area contributed by atoms with Crippen LogP contribution >= 0.6 is 0 Å². The number of nitrogens with one attached hydrogen (secondary N) is 1. The molecular weight excluding hydrogens is 124 g/mol. The summed E-state index contributed by atoms with van der Waals surface area (Å²) in [6.45, 7) is 0. The van der Waals surface area contributed by atoms with Crippen molar-refractivity contribution in [1.82, 2.24) is 10.5 Å². The minimum atomic E-state index is 1.12. The predicted octanol–water partition coefficient (Wildman–Crippen LogP) is 1.69. The fourth-order valence-electron chi connectivity index (χ4n) is 1.08. The highest BCUT2D eigenvalue weighted by molar-refractivity contribution is 5.81. The van der Waals surface area contributed by atoms with Crippen LogP contribution in [0.15, 0.2) is 36.7 Å². The molecular formula is C8H7N2. The molecule has 0 aliphatic heterocycles. The number of rotatable bonds is 0. The summed E-state index contributed by atoms with van der Waals surface area (Å²) >= 11 is 0. The summed E-state index contributed by atoms with van der Waals surface area (Å²) < 4.78 is 1.32. The van der Waals surface area contributed by atoms with Crippen LogP contribution in [0.2, 0.25) is 0 Å². The predicted molar refractivity (Wildman–Crippen MR) is 40.4 cm³/mol. The van der Waals surface area contributed by atoms with Gasteiger partial charge in [-0.1, -0.05) is 24.3 Å². The Hall–Kier alpha value is -1.44. The largest absolute Gasteiger partial charge is 0.254 e. The molecule has 0 aliphatic carbocycles. The number of benzene rings is 1. The Morgan fingerprint density at radius 3 is 2.00 bits per heavy atom. The maximum absolute atomic E-state index is 7.24. The lowest BCUT2D eigenvalue weighted by Crippen LogP contribution is -1.83. The van der Waals surface area contributed by atoms with Crippen molar-refractivity contribution in [3.63, 3.8) is 0 Å². The first-order chi connectivity index (χ1) is 4.86. The molecule has 2 rings (SSSR count). The van der Waals surface area contributed by atoms with Gasteiger partial charge in [-0.05, 0) is 0 Å². The van der Waals surface area contributed by atoms with Crippen molar-refractivity contribution in [3.8, 4) is 0 Å². The summed E-state index contributed by atoms with van der Waals surface area (Å²) in [5, 5.41) is 2.25. The topological polar surface area (TPSA) is 28.7 Å². The van der Waals surface area contributed by atoms with Gasteiger partial charge in [0.1, 0.15) is 0 Å². The zero-order chi connectivity index (χ0) is 6.97. The van der Waals surface area contributed by atoms with Crippen LogP contribution < -0.4 is 5.84 Å². The molecule has 1 radical (unpaired) electrons. The van der Waals surface area contributed by atoms with E-state index in [1.807, 2.05) is 24.3 Å². The van der Waals surface area contributed by atoms with E-state index in [1.54, 1.807) is 12.4 Å². The molecule has 0 atom stereocenters. The zero-order valence-electron chi connectivity index (χ0n) is 5.41. The molecule has 1 N–H and O–H groups in total. The molecule has 0 aliphatic rings. The summed E-state index contributed by atoms with van der Waals surface area (Å²) in [6.07, 6.45) is 3.57. The Kier molecular flexibility index (Phi) is 0.947. The van der Waals surface area contributed by atoms with Gasteiger partial charge in [-0.25, -0.2) is 5.84 Å². The summed E-state index contributed by atoms with van der Waals surface area (Å²) in [7, 11) is 0. The van der Waals surface area contributed by atoms with Gasteiger partial charge in [-0.3, -0.25) is 4.68 Å². The van der Waals surface area contributed by atoms with E-state index >= 15 is 0 Å². The summed E-state index contributed by atoms with van der Waals surface area (Å²) in [5.74, 6) is 7.24.